The molecule has 1 aromatic carbocycles. The smallest absolute Gasteiger partial charge is 0.241 e. The van der Waals surface area contributed by atoms with Crippen LogP contribution >= 0.6 is 0 Å². The predicted octanol–water partition coefficient (Wildman–Crippen LogP) is 3.18. The average Bonchev–Trinajstić information content (AvgIpc) is 3.04. The molecule has 0 bridgehead atoms. The summed E-state index contributed by atoms with van der Waals surface area (Å²) in [5.41, 5.74) is -1.32. The van der Waals surface area contributed by atoms with Gasteiger partial charge < -0.3 is 9.64 Å². The number of piperidine rings is 1. The van der Waals surface area contributed by atoms with Crippen LogP contribution in [0.1, 0.15) is 63.4 Å². The number of methoxy groups -OCH3 is 1. The Morgan fingerprint density at radius 1 is 1.13 bits per heavy atom. The van der Waals surface area contributed by atoms with Gasteiger partial charge in [0.05, 0.1) is 11.5 Å². The number of rotatable bonds is 5. The van der Waals surface area contributed by atoms with Crippen LogP contribution in [0.25, 0.3) is 0 Å². The van der Waals surface area contributed by atoms with E-state index < -0.39 is 17.1 Å². The quantitative estimate of drug-likeness (QED) is 0.673. The van der Waals surface area contributed by atoms with Gasteiger partial charge in [-0.1, -0.05) is 37.5 Å². The fraction of sp³-hybridized carbons (Fsp3) is 0.625. The molecule has 1 aliphatic carbocycles. The van der Waals surface area contributed by atoms with Crippen molar-refractivity contribution in [3.8, 4) is 0 Å². The normalized spacial score (nSPS) is 27.7. The Balaban J connectivity index is 1.66. The Morgan fingerprint density at radius 2 is 1.87 bits per heavy atom. The first-order valence-electron chi connectivity index (χ1n) is 11.4. The van der Waals surface area contributed by atoms with E-state index in [2.05, 4.69) is 0 Å². The van der Waals surface area contributed by atoms with Crippen molar-refractivity contribution in [2.75, 3.05) is 20.2 Å². The van der Waals surface area contributed by atoms with E-state index in [1.807, 2.05) is 0 Å². The van der Waals surface area contributed by atoms with E-state index in [0.717, 1.165) is 44.9 Å². The highest BCUT2D eigenvalue weighted by Gasteiger charge is 2.56. The molecular weight excluding hydrogens is 399 g/mol. The third-order valence-corrected chi connectivity index (χ3v) is 7.20. The van der Waals surface area contributed by atoms with E-state index in [1.165, 1.54) is 11.0 Å². The number of halogens is 1. The van der Waals surface area contributed by atoms with E-state index in [-0.39, 0.29) is 42.4 Å². The zero-order valence-electron chi connectivity index (χ0n) is 18.1. The van der Waals surface area contributed by atoms with Crippen molar-refractivity contribution in [3.63, 3.8) is 0 Å². The minimum atomic E-state index is -1.48. The van der Waals surface area contributed by atoms with Crippen LogP contribution in [-0.2, 0) is 24.5 Å². The molecule has 3 fully saturated rings. The Bertz CT molecular complexity index is 854. The number of carbonyl (C=O) groups excluding carboxylic acids is 3. The van der Waals surface area contributed by atoms with Gasteiger partial charge in [-0.25, -0.2) is 4.39 Å². The van der Waals surface area contributed by atoms with Crippen LogP contribution in [-0.4, -0.2) is 59.9 Å². The fourth-order valence-corrected chi connectivity index (χ4v) is 5.49. The molecule has 2 atom stereocenters. The molecule has 2 heterocycles. The molecule has 1 aromatic rings. The molecule has 6 nitrogen and oxygen atoms in total. The van der Waals surface area contributed by atoms with Gasteiger partial charge >= 0.3 is 0 Å². The average molecular weight is 431 g/mol. The number of nitrogens with zero attached hydrogens (tertiary/aromatic N) is 2. The van der Waals surface area contributed by atoms with Gasteiger partial charge in [-0.05, 0) is 31.7 Å². The largest absolute Gasteiger partial charge is 0.380 e. The number of hydrogen-bond donors (Lipinski definition) is 0. The van der Waals surface area contributed by atoms with Crippen molar-refractivity contribution in [2.24, 2.45) is 0 Å². The Kier molecular flexibility index (Phi) is 6.42. The SMILES string of the molecule is COC1CCCN(C(=O)CC2(c3ccccc3F)CC(=O)N(C3CCCCC3)C2=O)C1. The molecule has 0 aromatic heterocycles. The number of imide groups is 1. The fourth-order valence-electron chi connectivity index (χ4n) is 5.49. The maximum Gasteiger partial charge on any atom is 0.241 e. The van der Waals surface area contributed by atoms with E-state index in [4.69, 9.17) is 4.74 Å². The standard InChI is InChI=1S/C24H31FN2O4/c1-31-18-10-7-13-26(16-18)21(28)14-24(19-11-5-6-12-20(19)25)15-22(29)27(23(24)30)17-8-3-2-4-9-17/h5-6,11-12,17-18H,2-4,7-10,13-16H2,1H3. The lowest BCUT2D eigenvalue weighted by molar-refractivity contribution is -0.146. The first-order valence-corrected chi connectivity index (χ1v) is 11.4. The molecule has 0 radical (unpaired) electrons. The van der Waals surface area contributed by atoms with Gasteiger partial charge in [0.25, 0.3) is 0 Å². The summed E-state index contributed by atoms with van der Waals surface area (Å²) in [4.78, 5) is 43.2. The number of benzene rings is 1. The number of hydrogen-bond acceptors (Lipinski definition) is 4. The number of carbonyl (C=O) groups is 3. The lowest BCUT2D eigenvalue weighted by Gasteiger charge is -2.36. The van der Waals surface area contributed by atoms with E-state index in [1.54, 1.807) is 30.2 Å². The maximum atomic E-state index is 14.9. The second-order valence-corrected chi connectivity index (χ2v) is 9.12. The van der Waals surface area contributed by atoms with E-state index in [9.17, 15) is 18.8 Å². The van der Waals surface area contributed by atoms with Gasteiger partial charge in [0.1, 0.15) is 5.82 Å². The second-order valence-electron chi connectivity index (χ2n) is 9.12. The molecule has 2 unspecified atom stereocenters. The lowest BCUT2D eigenvalue weighted by Crippen LogP contribution is -2.49. The van der Waals surface area contributed by atoms with Gasteiger partial charge in [0.2, 0.25) is 17.7 Å². The minimum absolute atomic E-state index is 0.0400. The number of amides is 3. The van der Waals surface area contributed by atoms with Crippen LogP contribution < -0.4 is 0 Å². The van der Waals surface area contributed by atoms with Crippen molar-refractivity contribution >= 4 is 17.7 Å². The Hall–Kier alpha value is -2.28. The van der Waals surface area contributed by atoms with Gasteiger partial charge in [0.15, 0.2) is 0 Å². The maximum absolute atomic E-state index is 14.9. The molecule has 1 saturated carbocycles. The summed E-state index contributed by atoms with van der Waals surface area (Å²) >= 11 is 0. The van der Waals surface area contributed by atoms with Crippen molar-refractivity contribution in [2.45, 2.75) is 75.3 Å². The molecule has 0 N–H and O–H groups in total. The highest BCUT2D eigenvalue weighted by Crippen LogP contribution is 2.43. The van der Waals surface area contributed by atoms with E-state index in [0.29, 0.717) is 13.1 Å². The molecule has 7 heteroatoms. The zero-order chi connectivity index (χ0) is 22.0. The van der Waals surface area contributed by atoms with Crippen molar-refractivity contribution in [1.82, 2.24) is 9.80 Å². The van der Waals surface area contributed by atoms with Crippen LogP contribution in [0.2, 0.25) is 0 Å². The van der Waals surface area contributed by atoms with Crippen LogP contribution in [0.5, 0.6) is 0 Å². The summed E-state index contributed by atoms with van der Waals surface area (Å²) in [7, 11) is 1.63. The molecule has 2 aliphatic heterocycles. The molecule has 3 aliphatic rings. The first-order chi connectivity index (χ1) is 15.0. The highest BCUT2D eigenvalue weighted by molar-refractivity contribution is 6.11. The Morgan fingerprint density at radius 3 is 2.58 bits per heavy atom. The third kappa shape index (κ3) is 4.12. The van der Waals surface area contributed by atoms with Crippen LogP contribution in [0.15, 0.2) is 24.3 Å². The van der Waals surface area contributed by atoms with Gasteiger partial charge in [0, 0.05) is 44.6 Å². The molecule has 4 rings (SSSR count). The number of ether oxygens (including phenoxy) is 1. The van der Waals surface area contributed by atoms with E-state index >= 15 is 0 Å². The van der Waals surface area contributed by atoms with Gasteiger partial charge in [-0.3, -0.25) is 19.3 Å². The molecule has 3 amide bonds. The van der Waals surface area contributed by atoms with Crippen molar-refractivity contribution < 1.29 is 23.5 Å². The zero-order valence-corrected chi connectivity index (χ0v) is 18.1. The minimum Gasteiger partial charge on any atom is -0.380 e. The first kappa shape index (κ1) is 21.9. The topological polar surface area (TPSA) is 66.9 Å². The second kappa shape index (κ2) is 9.07. The van der Waals surface area contributed by atoms with Crippen molar-refractivity contribution in [3.05, 3.63) is 35.6 Å². The summed E-state index contributed by atoms with van der Waals surface area (Å²) in [6.45, 7) is 1.04. The summed E-state index contributed by atoms with van der Waals surface area (Å²) in [5.74, 6) is -1.48. The Labute approximate surface area is 182 Å². The molecular formula is C24H31FN2O4. The van der Waals surface area contributed by atoms with Crippen LogP contribution in [0.4, 0.5) is 4.39 Å². The van der Waals surface area contributed by atoms with Gasteiger partial charge in [-0.15, -0.1) is 0 Å². The van der Waals surface area contributed by atoms with Crippen LogP contribution in [0.3, 0.4) is 0 Å². The predicted molar refractivity (Wildman–Crippen MR) is 113 cm³/mol. The lowest BCUT2D eigenvalue weighted by atomic mass is 9.75. The summed E-state index contributed by atoms with van der Waals surface area (Å²) in [6.07, 6.45) is 5.90. The van der Waals surface area contributed by atoms with Gasteiger partial charge in [-0.2, -0.15) is 0 Å². The number of likely N-dealkylation sites (tertiary alicyclic amines) is 2. The summed E-state index contributed by atoms with van der Waals surface area (Å²) in [5, 5.41) is 0. The monoisotopic (exact) mass is 430 g/mol. The molecule has 0 spiro atoms. The highest BCUT2D eigenvalue weighted by atomic mass is 19.1. The summed E-state index contributed by atoms with van der Waals surface area (Å²) < 4.78 is 20.4. The molecule has 31 heavy (non-hydrogen) atoms. The van der Waals surface area contributed by atoms with Crippen molar-refractivity contribution in [1.29, 1.82) is 0 Å². The third-order valence-electron chi connectivity index (χ3n) is 7.20. The molecule has 2 saturated heterocycles. The van der Waals surface area contributed by atoms with Crippen LogP contribution in [0, 0.1) is 5.82 Å². The summed E-state index contributed by atoms with van der Waals surface area (Å²) in [6, 6.07) is 5.91. The molecule has 168 valence electrons.